The van der Waals surface area contributed by atoms with E-state index in [1.165, 1.54) is 25.7 Å². The molecule has 1 aliphatic carbocycles. The van der Waals surface area contributed by atoms with Crippen LogP contribution in [0, 0.1) is 11.3 Å². The van der Waals surface area contributed by atoms with Gasteiger partial charge in [-0.1, -0.05) is 33.6 Å². The molecule has 0 aromatic rings. The SMILES string of the molecule is C=C.CCC(C)(C)C1CCC1. The summed E-state index contributed by atoms with van der Waals surface area (Å²) in [5.74, 6) is 1.04. The molecule has 0 N–H and O–H groups in total. The van der Waals surface area contributed by atoms with Gasteiger partial charge in [0.1, 0.15) is 0 Å². The minimum atomic E-state index is 0.637. The zero-order valence-electron chi connectivity index (χ0n) is 8.32. The largest absolute Gasteiger partial charge is 0.106 e. The lowest BCUT2D eigenvalue weighted by Gasteiger charge is -2.39. The highest BCUT2D eigenvalue weighted by molar-refractivity contribution is 4.82. The fourth-order valence-corrected chi connectivity index (χ4v) is 1.48. The molecule has 66 valence electrons. The van der Waals surface area contributed by atoms with E-state index in [-0.39, 0.29) is 0 Å². The maximum atomic E-state index is 3.00. The third-order valence-electron chi connectivity index (χ3n) is 3.12. The summed E-state index contributed by atoms with van der Waals surface area (Å²) in [6.07, 6.45) is 5.80. The normalized spacial score (nSPS) is 18.1. The van der Waals surface area contributed by atoms with Crippen LogP contribution in [0.4, 0.5) is 0 Å². The summed E-state index contributed by atoms with van der Waals surface area (Å²) in [7, 11) is 0. The summed E-state index contributed by atoms with van der Waals surface area (Å²) in [5, 5.41) is 0. The van der Waals surface area contributed by atoms with Crippen molar-refractivity contribution in [3.05, 3.63) is 13.2 Å². The smallest absolute Gasteiger partial charge is 0.0329 e. The lowest BCUT2D eigenvalue weighted by molar-refractivity contribution is 0.116. The molecule has 0 unspecified atom stereocenters. The molecule has 0 aliphatic heterocycles. The van der Waals surface area contributed by atoms with E-state index in [2.05, 4.69) is 33.9 Å². The van der Waals surface area contributed by atoms with Gasteiger partial charge < -0.3 is 0 Å². The average molecular weight is 154 g/mol. The summed E-state index contributed by atoms with van der Waals surface area (Å²) in [6, 6.07) is 0. The standard InChI is InChI=1S/C9H18.C2H4/c1-4-9(2,3)8-6-5-7-8;1-2/h8H,4-7H2,1-3H3;1-2H2. The maximum Gasteiger partial charge on any atom is -0.0329 e. The molecule has 0 aromatic carbocycles. The van der Waals surface area contributed by atoms with Gasteiger partial charge in [0.25, 0.3) is 0 Å². The Hall–Kier alpha value is -0.260. The lowest BCUT2D eigenvalue weighted by atomic mass is 9.66. The monoisotopic (exact) mass is 154 g/mol. The molecule has 0 heterocycles. The van der Waals surface area contributed by atoms with Crippen LogP contribution in [-0.4, -0.2) is 0 Å². The highest BCUT2D eigenvalue weighted by atomic mass is 14.4. The molecule has 0 saturated heterocycles. The van der Waals surface area contributed by atoms with Gasteiger partial charge in [-0.25, -0.2) is 0 Å². The van der Waals surface area contributed by atoms with Crippen LogP contribution in [0.5, 0.6) is 0 Å². The summed E-state index contributed by atoms with van der Waals surface area (Å²) in [4.78, 5) is 0. The molecule has 1 aliphatic rings. The predicted octanol–water partition coefficient (Wildman–Crippen LogP) is 4.02. The highest BCUT2D eigenvalue weighted by Gasteiger charge is 2.31. The van der Waals surface area contributed by atoms with Gasteiger partial charge in [0.15, 0.2) is 0 Å². The van der Waals surface area contributed by atoms with Crippen molar-refractivity contribution in [2.45, 2.75) is 46.5 Å². The Bertz CT molecular complexity index is 98.6. The Labute approximate surface area is 71.7 Å². The van der Waals surface area contributed by atoms with E-state index in [1.807, 2.05) is 0 Å². The van der Waals surface area contributed by atoms with Crippen LogP contribution in [0.1, 0.15) is 46.5 Å². The van der Waals surface area contributed by atoms with Crippen LogP contribution < -0.4 is 0 Å². The van der Waals surface area contributed by atoms with E-state index in [9.17, 15) is 0 Å². The van der Waals surface area contributed by atoms with Crippen molar-refractivity contribution in [1.82, 2.24) is 0 Å². The molecule has 0 atom stereocenters. The fraction of sp³-hybridized carbons (Fsp3) is 0.818. The Morgan fingerprint density at radius 2 is 1.73 bits per heavy atom. The fourth-order valence-electron chi connectivity index (χ4n) is 1.48. The first-order valence-corrected chi connectivity index (χ1v) is 4.67. The topological polar surface area (TPSA) is 0 Å². The van der Waals surface area contributed by atoms with Crippen LogP contribution in [0.3, 0.4) is 0 Å². The minimum Gasteiger partial charge on any atom is -0.106 e. The summed E-state index contributed by atoms with van der Waals surface area (Å²) < 4.78 is 0. The van der Waals surface area contributed by atoms with Gasteiger partial charge in [-0.05, 0) is 24.2 Å². The predicted molar refractivity (Wildman–Crippen MR) is 52.7 cm³/mol. The molecule has 1 fully saturated rings. The quantitative estimate of drug-likeness (QED) is 0.527. The minimum absolute atomic E-state index is 0.637. The maximum absolute atomic E-state index is 3.00. The van der Waals surface area contributed by atoms with Crippen LogP contribution in [0.15, 0.2) is 13.2 Å². The summed E-state index contributed by atoms with van der Waals surface area (Å²) in [5.41, 5.74) is 0.637. The summed E-state index contributed by atoms with van der Waals surface area (Å²) in [6.45, 7) is 13.1. The van der Waals surface area contributed by atoms with Crippen molar-refractivity contribution in [3.8, 4) is 0 Å². The molecule has 0 heteroatoms. The van der Waals surface area contributed by atoms with Gasteiger partial charge in [-0.15, -0.1) is 13.2 Å². The first-order chi connectivity index (χ1) is 5.17. The van der Waals surface area contributed by atoms with Gasteiger partial charge in [0.05, 0.1) is 0 Å². The third-order valence-corrected chi connectivity index (χ3v) is 3.12. The molecule has 0 nitrogen and oxygen atoms in total. The second kappa shape index (κ2) is 4.58. The Kier molecular flexibility index (Phi) is 4.48. The third kappa shape index (κ3) is 2.69. The van der Waals surface area contributed by atoms with Crippen molar-refractivity contribution in [2.75, 3.05) is 0 Å². The Morgan fingerprint density at radius 3 is 1.82 bits per heavy atom. The molecule has 1 saturated carbocycles. The van der Waals surface area contributed by atoms with E-state index < -0.39 is 0 Å². The van der Waals surface area contributed by atoms with Crippen LogP contribution in [-0.2, 0) is 0 Å². The van der Waals surface area contributed by atoms with Crippen LogP contribution in [0.25, 0.3) is 0 Å². The molecular weight excluding hydrogens is 132 g/mol. The van der Waals surface area contributed by atoms with Gasteiger partial charge in [-0.3, -0.25) is 0 Å². The molecule has 0 radical (unpaired) electrons. The highest BCUT2D eigenvalue weighted by Crippen LogP contribution is 2.43. The summed E-state index contributed by atoms with van der Waals surface area (Å²) >= 11 is 0. The van der Waals surface area contributed by atoms with E-state index in [0.717, 1.165) is 5.92 Å². The van der Waals surface area contributed by atoms with Gasteiger partial charge in [0, 0.05) is 0 Å². The molecule has 0 aromatic heterocycles. The number of hydrogen-bond acceptors (Lipinski definition) is 0. The average Bonchev–Trinajstić information content (AvgIpc) is 1.88. The van der Waals surface area contributed by atoms with E-state index >= 15 is 0 Å². The lowest BCUT2D eigenvalue weighted by Crippen LogP contribution is -2.28. The van der Waals surface area contributed by atoms with Crippen molar-refractivity contribution < 1.29 is 0 Å². The van der Waals surface area contributed by atoms with Gasteiger partial charge >= 0.3 is 0 Å². The van der Waals surface area contributed by atoms with E-state index in [1.54, 1.807) is 0 Å². The van der Waals surface area contributed by atoms with Crippen LogP contribution >= 0.6 is 0 Å². The molecule has 0 amide bonds. The first kappa shape index (κ1) is 10.7. The van der Waals surface area contributed by atoms with Crippen molar-refractivity contribution in [2.24, 2.45) is 11.3 Å². The molecule has 0 spiro atoms. The van der Waals surface area contributed by atoms with Crippen molar-refractivity contribution in [1.29, 1.82) is 0 Å². The first-order valence-electron chi connectivity index (χ1n) is 4.67. The zero-order valence-corrected chi connectivity index (χ0v) is 8.32. The van der Waals surface area contributed by atoms with E-state index in [0.29, 0.717) is 5.41 Å². The molecule has 11 heavy (non-hydrogen) atoms. The van der Waals surface area contributed by atoms with Crippen molar-refractivity contribution >= 4 is 0 Å². The number of hydrogen-bond donors (Lipinski definition) is 0. The molecular formula is C11H22. The van der Waals surface area contributed by atoms with Gasteiger partial charge in [-0.2, -0.15) is 0 Å². The second-order valence-electron chi connectivity index (χ2n) is 3.97. The Morgan fingerprint density at radius 1 is 1.27 bits per heavy atom. The van der Waals surface area contributed by atoms with E-state index in [4.69, 9.17) is 0 Å². The van der Waals surface area contributed by atoms with Crippen molar-refractivity contribution in [3.63, 3.8) is 0 Å². The Balaban J connectivity index is 0.000000461. The zero-order chi connectivity index (χ0) is 8.91. The second-order valence-corrected chi connectivity index (χ2v) is 3.97. The molecule has 0 bridgehead atoms. The van der Waals surface area contributed by atoms with Crippen LogP contribution in [0.2, 0.25) is 0 Å². The number of rotatable bonds is 2. The molecule has 1 rings (SSSR count). The van der Waals surface area contributed by atoms with Gasteiger partial charge in [0.2, 0.25) is 0 Å².